The maximum atomic E-state index is 6.89. The van der Waals surface area contributed by atoms with E-state index in [0.29, 0.717) is 0 Å². The number of nitrogens with zero attached hydrogens (tertiary/aromatic N) is 1. The molecule has 4 aliphatic carbocycles. The first-order valence-electron chi connectivity index (χ1n) is 22.6. The summed E-state index contributed by atoms with van der Waals surface area (Å²) in [5.74, 6) is 1.69. The van der Waals surface area contributed by atoms with Crippen LogP contribution in [0.15, 0.2) is 218 Å². The Morgan fingerprint density at radius 2 is 1.12 bits per heavy atom. The first-order chi connectivity index (χ1) is 31.5. The summed E-state index contributed by atoms with van der Waals surface area (Å²) >= 11 is 0. The van der Waals surface area contributed by atoms with E-state index < -0.39 is 5.41 Å². The molecule has 13 rings (SSSR count). The van der Waals surface area contributed by atoms with Crippen molar-refractivity contribution in [1.82, 2.24) is 0 Å². The Morgan fingerprint density at radius 1 is 0.500 bits per heavy atom. The molecule has 0 saturated carbocycles. The summed E-state index contributed by atoms with van der Waals surface area (Å²) in [5, 5.41) is 2.27. The van der Waals surface area contributed by atoms with Gasteiger partial charge in [0.05, 0.1) is 11.5 Å². The minimum absolute atomic E-state index is 0.0801. The summed E-state index contributed by atoms with van der Waals surface area (Å²) in [6.07, 6.45) is 8.07. The summed E-state index contributed by atoms with van der Waals surface area (Å²) in [6.45, 7) is 4.77. The monoisotopic (exact) mass is 819 g/mol. The van der Waals surface area contributed by atoms with Gasteiger partial charge in [0.15, 0.2) is 0 Å². The highest BCUT2D eigenvalue weighted by Gasteiger charge is 2.53. The van der Waals surface area contributed by atoms with E-state index in [4.69, 9.17) is 4.74 Å². The molecule has 4 aliphatic rings. The normalized spacial score (nSPS) is 17.8. The molecular weight excluding hydrogens is 775 g/mol. The summed E-state index contributed by atoms with van der Waals surface area (Å²) in [7, 11) is 0. The second kappa shape index (κ2) is 13.9. The molecule has 9 aromatic carbocycles. The van der Waals surface area contributed by atoms with Crippen LogP contribution in [0.25, 0.3) is 49.7 Å². The average Bonchev–Trinajstić information content (AvgIpc) is 3.91. The third-order valence-electron chi connectivity index (χ3n) is 14.7. The molecule has 0 fully saturated rings. The van der Waals surface area contributed by atoms with Crippen LogP contribution in [0.2, 0.25) is 0 Å². The Morgan fingerprint density at radius 3 is 1.94 bits per heavy atom. The molecule has 1 spiro atoms. The molecule has 0 radical (unpaired) electrons. The van der Waals surface area contributed by atoms with Gasteiger partial charge in [-0.3, -0.25) is 0 Å². The molecule has 2 unspecified atom stereocenters. The smallest absolute Gasteiger partial charge is 0.135 e. The van der Waals surface area contributed by atoms with E-state index in [1.165, 1.54) is 89.3 Å². The van der Waals surface area contributed by atoms with Crippen LogP contribution >= 0.6 is 0 Å². The summed E-state index contributed by atoms with van der Waals surface area (Å²) in [5.41, 5.74) is 20.0. The second-order valence-electron chi connectivity index (χ2n) is 18.3. The minimum atomic E-state index is -0.554. The Kier molecular flexibility index (Phi) is 8.03. The van der Waals surface area contributed by atoms with Crippen LogP contribution in [0.1, 0.15) is 59.2 Å². The molecule has 0 N–H and O–H groups in total. The molecule has 0 bridgehead atoms. The van der Waals surface area contributed by atoms with Crippen LogP contribution in [0.4, 0.5) is 11.4 Å². The van der Waals surface area contributed by atoms with E-state index >= 15 is 0 Å². The molecule has 0 heterocycles. The fourth-order valence-electron chi connectivity index (χ4n) is 11.8. The topological polar surface area (TPSA) is 12.5 Å². The predicted molar refractivity (Wildman–Crippen MR) is 265 cm³/mol. The van der Waals surface area contributed by atoms with E-state index in [-0.39, 0.29) is 11.5 Å². The van der Waals surface area contributed by atoms with Gasteiger partial charge in [0, 0.05) is 27.7 Å². The van der Waals surface area contributed by atoms with Gasteiger partial charge in [-0.05, 0) is 121 Å². The molecule has 0 aromatic heterocycles. The van der Waals surface area contributed by atoms with Crippen LogP contribution < -0.4 is 9.64 Å². The molecule has 0 saturated heterocycles. The first kappa shape index (κ1) is 36.9. The van der Waals surface area contributed by atoms with E-state index in [0.717, 1.165) is 28.7 Å². The van der Waals surface area contributed by atoms with Crippen LogP contribution in [0.3, 0.4) is 0 Å². The van der Waals surface area contributed by atoms with Gasteiger partial charge in [0.25, 0.3) is 0 Å². The van der Waals surface area contributed by atoms with Gasteiger partial charge in [-0.2, -0.15) is 0 Å². The number of rotatable bonds is 6. The van der Waals surface area contributed by atoms with Crippen LogP contribution in [0, 0.1) is 0 Å². The van der Waals surface area contributed by atoms with Gasteiger partial charge in [-0.25, -0.2) is 0 Å². The number of hydrogen-bond acceptors (Lipinski definition) is 2. The van der Waals surface area contributed by atoms with Crippen molar-refractivity contribution >= 4 is 27.7 Å². The lowest BCUT2D eigenvalue weighted by Crippen LogP contribution is -2.31. The van der Waals surface area contributed by atoms with Crippen molar-refractivity contribution in [1.29, 1.82) is 0 Å². The highest BCUT2D eigenvalue weighted by Crippen LogP contribution is 2.65. The fraction of sp³-hybridized carbons (Fsp3) is 0.0968. The van der Waals surface area contributed by atoms with Crippen molar-refractivity contribution in [2.24, 2.45) is 0 Å². The van der Waals surface area contributed by atoms with Gasteiger partial charge in [0.1, 0.15) is 11.5 Å². The van der Waals surface area contributed by atoms with Gasteiger partial charge in [-0.15, -0.1) is 0 Å². The zero-order chi connectivity index (χ0) is 42.6. The molecule has 0 aliphatic heterocycles. The third-order valence-corrected chi connectivity index (χ3v) is 14.7. The molecule has 0 amide bonds. The van der Waals surface area contributed by atoms with Crippen molar-refractivity contribution in [3.05, 3.63) is 257 Å². The zero-order valence-electron chi connectivity index (χ0n) is 35.9. The van der Waals surface area contributed by atoms with Crippen molar-refractivity contribution < 1.29 is 4.74 Å². The number of anilines is 2. The van der Waals surface area contributed by atoms with Crippen molar-refractivity contribution in [3.8, 4) is 44.9 Å². The molecule has 9 aromatic rings. The molecule has 2 atom stereocenters. The lowest BCUT2D eigenvalue weighted by Gasteiger charge is -2.36. The number of benzene rings is 9. The molecule has 2 nitrogen and oxygen atoms in total. The second-order valence-corrected chi connectivity index (χ2v) is 18.3. The number of hydrogen-bond donors (Lipinski definition) is 0. The lowest BCUT2D eigenvalue weighted by atomic mass is 9.70. The van der Waals surface area contributed by atoms with Crippen molar-refractivity contribution in [3.63, 3.8) is 0 Å². The Labute approximate surface area is 375 Å². The van der Waals surface area contributed by atoms with Gasteiger partial charge >= 0.3 is 0 Å². The highest BCUT2D eigenvalue weighted by molar-refractivity contribution is 6.00. The zero-order valence-corrected chi connectivity index (χ0v) is 35.9. The third kappa shape index (κ3) is 5.20. The van der Waals surface area contributed by atoms with E-state index in [1.807, 2.05) is 0 Å². The van der Waals surface area contributed by atoms with E-state index in [9.17, 15) is 0 Å². The molecular formula is C62H45NO. The van der Waals surface area contributed by atoms with E-state index in [1.54, 1.807) is 0 Å². The largest absolute Gasteiger partial charge is 0.457 e. The molecule has 64 heavy (non-hydrogen) atoms. The SMILES string of the molecule is CC1(C)c2ccccc2-c2ccc(N(c3cccc4c3-c3ccccc3C43c4ccccc4-c4ccc(Oc5cccc6ccccc56)cc43)C3C=CC(c4ccccc4)=CC3)cc21. The standard InChI is InChI=1S/C62H45NO/c1-61(2)52-24-11-8-21-47(52)49-36-34-44(38-56(49)61)63(43-32-30-41(31-33-43)40-16-4-3-5-17-40)58-28-15-27-55-60(58)51-23-10-13-26-54(51)62(55)53-25-12-9-22-48(53)50-37-35-45(39-57(50)62)64-59-29-14-19-42-18-6-7-20-46(42)59/h3-32,34-39,43H,33H2,1-2H3. The Bertz CT molecular complexity index is 3440. The molecule has 304 valence electrons. The van der Waals surface area contributed by atoms with Gasteiger partial charge in [0.2, 0.25) is 0 Å². The summed E-state index contributed by atoms with van der Waals surface area (Å²) in [4.78, 5) is 2.64. The van der Waals surface area contributed by atoms with Crippen LogP contribution in [-0.2, 0) is 10.8 Å². The average molecular weight is 820 g/mol. The van der Waals surface area contributed by atoms with Gasteiger partial charge in [-0.1, -0.05) is 196 Å². The van der Waals surface area contributed by atoms with E-state index in [2.05, 4.69) is 237 Å². The maximum Gasteiger partial charge on any atom is 0.135 e. The first-order valence-corrected chi connectivity index (χ1v) is 22.6. The number of ether oxygens (including phenoxy) is 1. The lowest BCUT2D eigenvalue weighted by molar-refractivity contribution is 0.487. The van der Waals surface area contributed by atoms with Crippen molar-refractivity contribution in [2.45, 2.75) is 37.1 Å². The Balaban J connectivity index is 1.02. The minimum Gasteiger partial charge on any atom is -0.457 e. The highest BCUT2D eigenvalue weighted by atomic mass is 16.5. The predicted octanol–water partition coefficient (Wildman–Crippen LogP) is 15.8. The molecule has 2 heteroatoms. The van der Waals surface area contributed by atoms with Crippen molar-refractivity contribution in [2.75, 3.05) is 4.90 Å². The van der Waals surface area contributed by atoms with Crippen LogP contribution in [0.5, 0.6) is 11.5 Å². The summed E-state index contributed by atoms with van der Waals surface area (Å²) in [6, 6.07) is 73.9. The number of allylic oxidation sites excluding steroid dienone is 2. The maximum absolute atomic E-state index is 6.89. The summed E-state index contributed by atoms with van der Waals surface area (Å²) < 4.78 is 6.89. The number of fused-ring (bicyclic) bond motifs is 14. The van der Waals surface area contributed by atoms with Gasteiger partial charge < -0.3 is 9.64 Å². The quantitative estimate of drug-likeness (QED) is 0.166. The van der Waals surface area contributed by atoms with Crippen LogP contribution in [-0.4, -0.2) is 6.04 Å². The fourth-order valence-corrected chi connectivity index (χ4v) is 11.8. The Hall–Kier alpha value is -7.68.